The summed E-state index contributed by atoms with van der Waals surface area (Å²) >= 11 is 4.46. The molecule has 1 fully saturated rings. The highest BCUT2D eigenvalue weighted by molar-refractivity contribution is 7.80. The van der Waals surface area contributed by atoms with Gasteiger partial charge in [-0.3, -0.25) is 0 Å². The molecule has 0 aromatic heterocycles. The van der Waals surface area contributed by atoms with Gasteiger partial charge in [-0.05, 0) is 19.9 Å². The molecule has 0 heterocycles. The van der Waals surface area contributed by atoms with Crippen LogP contribution >= 0.6 is 12.2 Å². The third kappa shape index (κ3) is 4.37. The van der Waals surface area contributed by atoms with Gasteiger partial charge in [0.05, 0.1) is 10.6 Å². The van der Waals surface area contributed by atoms with Crippen LogP contribution in [0.5, 0.6) is 0 Å². The van der Waals surface area contributed by atoms with Crippen molar-refractivity contribution >= 4 is 17.2 Å². The molecule has 0 aromatic carbocycles. The highest BCUT2D eigenvalue weighted by atomic mass is 32.1. The molecule has 1 rings (SSSR count). The standard InChI is InChI=1S/C11H19F3N2OS/c1-16(7-10(17)4-2-3-5-10)6-8(9(15)18)11(12,13)14/h8,17H,2-7H2,1H3,(H2,15,18). The maximum absolute atomic E-state index is 12.7. The number of hydrogen-bond acceptors (Lipinski definition) is 3. The predicted molar refractivity (Wildman–Crippen MR) is 67.2 cm³/mol. The second-order valence-electron chi connectivity index (χ2n) is 5.12. The fourth-order valence-corrected chi connectivity index (χ4v) is 2.63. The molecule has 1 unspecified atom stereocenters. The molecule has 3 nitrogen and oxygen atoms in total. The Labute approximate surface area is 110 Å². The average molecular weight is 284 g/mol. The third-order valence-corrected chi connectivity index (χ3v) is 3.62. The maximum atomic E-state index is 12.7. The number of nitrogens with zero attached hydrogens (tertiary/aromatic N) is 1. The summed E-state index contributed by atoms with van der Waals surface area (Å²) in [7, 11) is 1.55. The van der Waals surface area contributed by atoms with E-state index in [1.54, 1.807) is 7.05 Å². The Bertz CT molecular complexity index is 303. The molecule has 7 heteroatoms. The molecule has 0 saturated heterocycles. The van der Waals surface area contributed by atoms with Gasteiger partial charge in [0.25, 0.3) is 0 Å². The van der Waals surface area contributed by atoms with Crippen LogP contribution in [0, 0.1) is 5.92 Å². The molecular formula is C11H19F3N2OS. The maximum Gasteiger partial charge on any atom is 0.399 e. The molecular weight excluding hydrogens is 265 g/mol. The first kappa shape index (κ1) is 15.7. The Kier molecular flexibility index (Phi) is 4.97. The second-order valence-corrected chi connectivity index (χ2v) is 5.60. The normalized spacial score (nSPS) is 21.2. The number of rotatable bonds is 5. The first-order valence-electron chi connectivity index (χ1n) is 5.91. The van der Waals surface area contributed by atoms with Crippen molar-refractivity contribution in [3.8, 4) is 0 Å². The molecule has 0 spiro atoms. The number of nitrogens with two attached hydrogens (primary N) is 1. The Morgan fingerprint density at radius 3 is 2.33 bits per heavy atom. The van der Waals surface area contributed by atoms with Gasteiger partial charge in [0, 0.05) is 13.1 Å². The Morgan fingerprint density at radius 1 is 1.44 bits per heavy atom. The van der Waals surface area contributed by atoms with E-state index < -0.39 is 22.7 Å². The van der Waals surface area contributed by atoms with Gasteiger partial charge in [-0.15, -0.1) is 0 Å². The van der Waals surface area contributed by atoms with Crippen LogP contribution in [0.15, 0.2) is 0 Å². The predicted octanol–water partition coefficient (Wildman–Crippen LogP) is 1.69. The quantitative estimate of drug-likeness (QED) is 0.754. The summed E-state index contributed by atoms with van der Waals surface area (Å²) in [6.45, 7) is -0.0800. The molecule has 0 amide bonds. The zero-order valence-electron chi connectivity index (χ0n) is 10.3. The van der Waals surface area contributed by atoms with Gasteiger partial charge in [-0.1, -0.05) is 25.1 Å². The number of alkyl halides is 3. The topological polar surface area (TPSA) is 49.5 Å². The summed E-state index contributed by atoms with van der Waals surface area (Å²) < 4.78 is 38.1. The van der Waals surface area contributed by atoms with E-state index >= 15 is 0 Å². The summed E-state index contributed by atoms with van der Waals surface area (Å²) in [6, 6.07) is 0. The van der Waals surface area contributed by atoms with Crippen LogP contribution in [0.3, 0.4) is 0 Å². The van der Waals surface area contributed by atoms with Crippen molar-refractivity contribution in [2.24, 2.45) is 11.7 Å². The minimum atomic E-state index is -4.43. The van der Waals surface area contributed by atoms with Crippen molar-refractivity contribution in [3.05, 3.63) is 0 Å². The van der Waals surface area contributed by atoms with Crippen LogP contribution in [-0.4, -0.2) is 46.9 Å². The minimum Gasteiger partial charge on any atom is -0.393 e. The fraction of sp³-hybridized carbons (Fsp3) is 0.909. The first-order chi connectivity index (χ1) is 8.14. The lowest BCUT2D eigenvalue weighted by molar-refractivity contribution is -0.160. The van der Waals surface area contributed by atoms with Crippen molar-refractivity contribution in [2.75, 3.05) is 20.1 Å². The van der Waals surface area contributed by atoms with Gasteiger partial charge in [0.15, 0.2) is 0 Å². The van der Waals surface area contributed by atoms with E-state index in [-0.39, 0.29) is 13.1 Å². The van der Waals surface area contributed by atoms with Gasteiger partial charge in [-0.25, -0.2) is 0 Å². The van der Waals surface area contributed by atoms with E-state index in [0.717, 1.165) is 12.8 Å². The van der Waals surface area contributed by atoms with Crippen LogP contribution in [0.25, 0.3) is 0 Å². The highest BCUT2D eigenvalue weighted by Gasteiger charge is 2.43. The zero-order chi connectivity index (χ0) is 14.0. The number of halogens is 3. The third-order valence-electron chi connectivity index (χ3n) is 3.33. The van der Waals surface area contributed by atoms with E-state index in [1.807, 2.05) is 0 Å². The molecule has 1 aliphatic rings. The smallest absolute Gasteiger partial charge is 0.393 e. The summed E-state index contributed by atoms with van der Waals surface area (Å²) in [5, 5.41) is 10.1. The number of thiocarbonyl (C=S) groups is 1. The highest BCUT2D eigenvalue weighted by Crippen LogP contribution is 2.31. The minimum absolute atomic E-state index is 0.224. The summed E-state index contributed by atoms with van der Waals surface area (Å²) in [5.74, 6) is -1.82. The van der Waals surface area contributed by atoms with Crippen LogP contribution < -0.4 is 5.73 Å². The van der Waals surface area contributed by atoms with E-state index in [0.29, 0.717) is 12.8 Å². The van der Waals surface area contributed by atoms with Gasteiger partial charge in [0.1, 0.15) is 5.92 Å². The Balaban J connectivity index is 2.56. The number of hydrogen-bond donors (Lipinski definition) is 2. The van der Waals surface area contributed by atoms with Gasteiger partial charge in [-0.2, -0.15) is 13.2 Å². The molecule has 1 saturated carbocycles. The Hall–Kier alpha value is -0.400. The van der Waals surface area contributed by atoms with Crippen LogP contribution in [0.2, 0.25) is 0 Å². The van der Waals surface area contributed by atoms with Gasteiger partial charge < -0.3 is 15.7 Å². The summed E-state index contributed by atoms with van der Waals surface area (Å²) in [5.41, 5.74) is 4.27. The number of likely N-dealkylation sites (N-methyl/N-ethyl adjacent to an activating group) is 1. The average Bonchev–Trinajstić information content (AvgIpc) is 2.59. The first-order valence-corrected chi connectivity index (χ1v) is 6.32. The van der Waals surface area contributed by atoms with Crippen LogP contribution in [-0.2, 0) is 0 Å². The fourth-order valence-electron chi connectivity index (χ4n) is 2.42. The van der Waals surface area contributed by atoms with Crippen molar-refractivity contribution < 1.29 is 18.3 Å². The van der Waals surface area contributed by atoms with Gasteiger partial charge >= 0.3 is 6.18 Å². The monoisotopic (exact) mass is 284 g/mol. The van der Waals surface area contributed by atoms with E-state index in [9.17, 15) is 18.3 Å². The molecule has 1 aliphatic carbocycles. The molecule has 1 atom stereocenters. The van der Waals surface area contributed by atoms with E-state index in [2.05, 4.69) is 12.2 Å². The second kappa shape index (κ2) is 5.71. The lowest BCUT2D eigenvalue weighted by atomic mass is 10.0. The molecule has 3 N–H and O–H groups in total. The lowest BCUT2D eigenvalue weighted by Gasteiger charge is -2.31. The van der Waals surface area contributed by atoms with Crippen LogP contribution in [0.1, 0.15) is 25.7 Å². The molecule has 106 valence electrons. The molecule has 0 aliphatic heterocycles. The molecule has 0 bridgehead atoms. The SMILES string of the molecule is CN(CC(C(N)=S)C(F)(F)F)CC1(O)CCCC1. The summed E-state index contributed by atoms with van der Waals surface area (Å²) in [6.07, 6.45) is -1.31. The van der Waals surface area contributed by atoms with Crippen molar-refractivity contribution in [2.45, 2.75) is 37.5 Å². The van der Waals surface area contributed by atoms with Crippen LogP contribution in [0.4, 0.5) is 13.2 Å². The van der Waals surface area contributed by atoms with E-state index in [1.165, 1.54) is 4.90 Å². The van der Waals surface area contributed by atoms with E-state index in [4.69, 9.17) is 5.73 Å². The largest absolute Gasteiger partial charge is 0.399 e. The van der Waals surface area contributed by atoms with Crippen molar-refractivity contribution in [3.63, 3.8) is 0 Å². The zero-order valence-corrected chi connectivity index (χ0v) is 11.2. The lowest BCUT2D eigenvalue weighted by Crippen LogP contribution is -2.46. The van der Waals surface area contributed by atoms with Gasteiger partial charge in [0.2, 0.25) is 0 Å². The number of aliphatic hydroxyl groups is 1. The Morgan fingerprint density at radius 2 is 1.94 bits per heavy atom. The molecule has 0 aromatic rings. The summed E-state index contributed by atoms with van der Waals surface area (Å²) in [4.78, 5) is 0.913. The van der Waals surface area contributed by atoms with Crippen molar-refractivity contribution in [1.29, 1.82) is 0 Å². The molecule has 0 radical (unpaired) electrons. The molecule has 18 heavy (non-hydrogen) atoms. The van der Waals surface area contributed by atoms with Crippen molar-refractivity contribution in [1.82, 2.24) is 4.90 Å².